The van der Waals surface area contributed by atoms with Gasteiger partial charge < -0.3 is 20.3 Å². The van der Waals surface area contributed by atoms with Crippen molar-refractivity contribution >= 4 is 23.1 Å². The topological polar surface area (TPSA) is 79.4 Å². The summed E-state index contributed by atoms with van der Waals surface area (Å²) in [5, 5.41) is 6.09. The predicted octanol–water partition coefficient (Wildman–Crippen LogP) is 3.46. The van der Waals surface area contributed by atoms with Gasteiger partial charge >= 0.3 is 0 Å². The minimum atomic E-state index is -0.275. The molecular weight excluding hydrogens is 366 g/mol. The minimum Gasteiger partial charge on any atom is -0.497 e. The molecule has 0 saturated heterocycles. The highest BCUT2D eigenvalue weighted by molar-refractivity contribution is 6.03. The minimum absolute atomic E-state index is 0.275. The van der Waals surface area contributed by atoms with Crippen molar-refractivity contribution in [2.45, 2.75) is 6.42 Å². The summed E-state index contributed by atoms with van der Waals surface area (Å²) in [5.74, 6) is 1.18. The molecule has 3 rings (SSSR count). The van der Waals surface area contributed by atoms with Crippen LogP contribution in [0.25, 0.3) is 0 Å². The maximum absolute atomic E-state index is 12.5. The van der Waals surface area contributed by atoms with E-state index in [1.165, 1.54) is 11.9 Å². The Labute approximate surface area is 170 Å². The van der Waals surface area contributed by atoms with E-state index in [4.69, 9.17) is 4.74 Å². The second-order valence-electron chi connectivity index (χ2n) is 6.71. The van der Waals surface area contributed by atoms with Gasteiger partial charge in [-0.2, -0.15) is 0 Å². The molecule has 0 bridgehead atoms. The number of hydrogen-bond acceptors (Lipinski definition) is 6. The third-order valence-corrected chi connectivity index (χ3v) is 4.42. The van der Waals surface area contributed by atoms with Gasteiger partial charge in [0.05, 0.1) is 7.11 Å². The number of methoxy groups -OCH3 is 1. The number of hydrogen-bond donors (Lipinski definition) is 2. The number of ether oxygens (including phenoxy) is 1. The maximum Gasteiger partial charge on any atom is 0.274 e. The average Bonchev–Trinajstić information content (AvgIpc) is 2.75. The highest BCUT2D eigenvalue weighted by Gasteiger charge is 2.09. The van der Waals surface area contributed by atoms with Crippen molar-refractivity contribution in [2.75, 3.05) is 43.3 Å². The molecule has 0 radical (unpaired) electrons. The van der Waals surface area contributed by atoms with E-state index in [0.29, 0.717) is 23.7 Å². The second-order valence-corrected chi connectivity index (χ2v) is 6.71. The number of anilines is 3. The van der Waals surface area contributed by atoms with E-state index in [9.17, 15) is 4.79 Å². The molecule has 3 aromatic rings. The van der Waals surface area contributed by atoms with Crippen molar-refractivity contribution in [3.8, 4) is 5.75 Å². The normalized spacial score (nSPS) is 10.3. The van der Waals surface area contributed by atoms with Gasteiger partial charge in [-0.25, -0.2) is 9.97 Å². The van der Waals surface area contributed by atoms with Crippen LogP contribution in [0.15, 0.2) is 60.9 Å². The van der Waals surface area contributed by atoms with E-state index in [1.54, 1.807) is 13.2 Å². The van der Waals surface area contributed by atoms with Gasteiger partial charge in [0.2, 0.25) is 0 Å². The molecule has 0 unspecified atom stereocenters. The molecule has 0 aliphatic carbocycles. The predicted molar refractivity (Wildman–Crippen MR) is 116 cm³/mol. The molecule has 0 fully saturated rings. The molecule has 150 valence electrons. The summed E-state index contributed by atoms with van der Waals surface area (Å²) in [7, 11) is 5.59. The van der Waals surface area contributed by atoms with E-state index in [2.05, 4.69) is 20.6 Å². The Morgan fingerprint density at radius 3 is 2.41 bits per heavy atom. The average molecular weight is 391 g/mol. The lowest BCUT2D eigenvalue weighted by Crippen LogP contribution is -2.15. The number of carbonyl (C=O) groups is 1. The Morgan fingerprint density at radius 1 is 1.03 bits per heavy atom. The standard InChI is InChI=1S/C22H25N5O2/c1-27(2)18-8-6-17(7-9-18)26-22(28)20-14-21(25-15-24-20)23-13-12-16-4-10-19(29-3)11-5-16/h4-11,14-15H,12-13H2,1-3H3,(H,26,28)(H,23,24,25). The number of aromatic nitrogens is 2. The SMILES string of the molecule is COc1ccc(CCNc2cc(C(=O)Nc3ccc(N(C)C)cc3)ncn2)cc1. The molecule has 0 aliphatic heterocycles. The molecule has 2 aromatic carbocycles. The van der Waals surface area contributed by atoms with Gasteiger partial charge in [0, 0.05) is 38.1 Å². The highest BCUT2D eigenvalue weighted by atomic mass is 16.5. The Morgan fingerprint density at radius 2 is 1.76 bits per heavy atom. The van der Waals surface area contributed by atoms with Gasteiger partial charge in [-0.1, -0.05) is 12.1 Å². The van der Waals surface area contributed by atoms with Crippen LogP contribution in [-0.4, -0.2) is 43.6 Å². The number of rotatable bonds is 8. The van der Waals surface area contributed by atoms with Crippen LogP contribution in [-0.2, 0) is 6.42 Å². The number of amides is 1. The van der Waals surface area contributed by atoms with E-state index in [-0.39, 0.29) is 5.91 Å². The first-order valence-electron chi connectivity index (χ1n) is 9.33. The van der Waals surface area contributed by atoms with Crippen LogP contribution < -0.4 is 20.3 Å². The molecule has 0 aliphatic rings. The van der Waals surface area contributed by atoms with Gasteiger partial charge in [0.25, 0.3) is 5.91 Å². The maximum atomic E-state index is 12.5. The lowest BCUT2D eigenvalue weighted by Gasteiger charge is -2.13. The van der Waals surface area contributed by atoms with Crippen LogP contribution in [0.3, 0.4) is 0 Å². The van der Waals surface area contributed by atoms with Gasteiger partial charge in [-0.15, -0.1) is 0 Å². The number of nitrogens with one attached hydrogen (secondary N) is 2. The Hall–Kier alpha value is -3.61. The number of benzene rings is 2. The molecule has 7 nitrogen and oxygen atoms in total. The van der Waals surface area contributed by atoms with Crippen molar-refractivity contribution in [3.63, 3.8) is 0 Å². The summed E-state index contributed by atoms with van der Waals surface area (Å²) >= 11 is 0. The summed E-state index contributed by atoms with van der Waals surface area (Å²) in [6.07, 6.45) is 2.22. The van der Waals surface area contributed by atoms with Crippen LogP contribution >= 0.6 is 0 Å². The molecule has 1 heterocycles. The fourth-order valence-electron chi connectivity index (χ4n) is 2.74. The molecule has 0 atom stereocenters. The number of nitrogens with zero attached hydrogens (tertiary/aromatic N) is 3. The first-order valence-corrected chi connectivity index (χ1v) is 9.33. The van der Waals surface area contributed by atoms with Crippen molar-refractivity contribution in [1.29, 1.82) is 0 Å². The van der Waals surface area contributed by atoms with Crippen molar-refractivity contribution < 1.29 is 9.53 Å². The van der Waals surface area contributed by atoms with Crippen molar-refractivity contribution in [3.05, 3.63) is 72.2 Å². The zero-order valence-corrected chi connectivity index (χ0v) is 16.8. The van der Waals surface area contributed by atoms with Gasteiger partial charge in [0.15, 0.2) is 0 Å². The van der Waals surface area contributed by atoms with Crippen LogP contribution in [0.2, 0.25) is 0 Å². The van der Waals surface area contributed by atoms with Crippen molar-refractivity contribution in [2.24, 2.45) is 0 Å². The molecule has 7 heteroatoms. The second kappa shape index (κ2) is 9.54. The van der Waals surface area contributed by atoms with Gasteiger partial charge in [-0.05, 0) is 48.4 Å². The van der Waals surface area contributed by atoms with Crippen LogP contribution in [0.4, 0.5) is 17.2 Å². The molecule has 0 saturated carbocycles. The van der Waals surface area contributed by atoms with E-state index in [1.807, 2.05) is 67.5 Å². The molecule has 1 aromatic heterocycles. The van der Waals surface area contributed by atoms with E-state index in [0.717, 1.165) is 17.9 Å². The molecule has 2 N–H and O–H groups in total. The fourth-order valence-corrected chi connectivity index (χ4v) is 2.74. The first-order chi connectivity index (χ1) is 14.0. The Bertz CT molecular complexity index is 940. The lowest BCUT2D eigenvalue weighted by molar-refractivity contribution is 0.102. The summed E-state index contributed by atoms with van der Waals surface area (Å²) in [6.45, 7) is 0.691. The third-order valence-electron chi connectivity index (χ3n) is 4.42. The summed E-state index contributed by atoms with van der Waals surface area (Å²) < 4.78 is 5.16. The smallest absolute Gasteiger partial charge is 0.274 e. The zero-order chi connectivity index (χ0) is 20.6. The highest BCUT2D eigenvalue weighted by Crippen LogP contribution is 2.17. The van der Waals surface area contributed by atoms with Crippen LogP contribution in [0.5, 0.6) is 5.75 Å². The molecule has 29 heavy (non-hydrogen) atoms. The summed E-state index contributed by atoms with van der Waals surface area (Å²) in [5.41, 5.74) is 3.27. The Balaban J connectivity index is 1.55. The van der Waals surface area contributed by atoms with Crippen LogP contribution in [0.1, 0.15) is 16.1 Å². The zero-order valence-electron chi connectivity index (χ0n) is 16.8. The number of carbonyl (C=O) groups excluding carboxylic acids is 1. The fraction of sp³-hybridized carbons (Fsp3) is 0.227. The van der Waals surface area contributed by atoms with E-state index >= 15 is 0 Å². The van der Waals surface area contributed by atoms with Crippen LogP contribution in [0, 0.1) is 0 Å². The largest absolute Gasteiger partial charge is 0.497 e. The quantitative estimate of drug-likeness (QED) is 0.612. The summed E-state index contributed by atoms with van der Waals surface area (Å²) in [6, 6.07) is 17.2. The molecule has 0 spiro atoms. The monoisotopic (exact) mass is 391 g/mol. The summed E-state index contributed by atoms with van der Waals surface area (Å²) in [4.78, 5) is 22.8. The van der Waals surface area contributed by atoms with Crippen molar-refractivity contribution in [1.82, 2.24) is 9.97 Å². The third kappa shape index (κ3) is 5.68. The molecular formula is C22H25N5O2. The molecule has 1 amide bonds. The van der Waals surface area contributed by atoms with Gasteiger partial charge in [-0.3, -0.25) is 4.79 Å². The van der Waals surface area contributed by atoms with E-state index < -0.39 is 0 Å². The van der Waals surface area contributed by atoms with Gasteiger partial charge in [0.1, 0.15) is 23.6 Å². The Kier molecular flexibility index (Phi) is 6.63. The first kappa shape index (κ1) is 20.1. The lowest BCUT2D eigenvalue weighted by atomic mass is 10.1.